The highest BCUT2D eigenvalue weighted by atomic mass is 32.2. The molecule has 0 fully saturated rings. The zero-order valence-electron chi connectivity index (χ0n) is 14.7. The smallest absolute Gasteiger partial charge is 0.240 e. The van der Waals surface area contributed by atoms with Gasteiger partial charge in [0, 0.05) is 32.5 Å². The Morgan fingerprint density at radius 3 is 2.42 bits per heavy atom. The van der Waals surface area contributed by atoms with Crippen LogP contribution in [-0.2, 0) is 21.8 Å². The number of nitrogens with zero attached hydrogens (tertiary/aromatic N) is 2. The summed E-state index contributed by atoms with van der Waals surface area (Å²) in [5.74, 6) is 0. The molecule has 0 radical (unpaired) electrons. The quantitative estimate of drug-likeness (QED) is 0.648. The molecule has 1 N–H and O–H groups in total. The molecule has 0 atom stereocenters. The molecule has 1 heterocycles. The molecule has 0 spiro atoms. The first kappa shape index (κ1) is 18.3. The van der Waals surface area contributed by atoms with Crippen molar-refractivity contribution in [1.82, 2.24) is 14.5 Å². The van der Waals surface area contributed by atoms with Crippen LogP contribution in [0.3, 0.4) is 0 Å². The topological polar surface area (TPSA) is 73.2 Å². The van der Waals surface area contributed by atoms with Gasteiger partial charge in [-0.15, -0.1) is 0 Å². The van der Waals surface area contributed by atoms with Gasteiger partial charge in [0.2, 0.25) is 10.0 Å². The fourth-order valence-electron chi connectivity index (χ4n) is 2.70. The van der Waals surface area contributed by atoms with E-state index in [0.717, 1.165) is 22.4 Å². The fraction of sp³-hybridized carbons (Fsp3) is 0.211. The van der Waals surface area contributed by atoms with Crippen LogP contribution < -0.4 is 4.72 Å². The van der Waals surface area contributed by atoms with Gasteiger partial charge in [-0.3, -0.25) is 4.68 Å². The molecule has 3 aromatic rings. The average molecular weight is 371 g/mol. The van der Waals surface area contributed by atoms with E-state index in [2.05, 4.69) is 15.9 Å². The minimum Gasteiger partial charge on any atom is -0.383 e. The van der Waals surface area contributed by atoms with Gasteiger partial charge >= 0.3 is 0 Å². The number of hydrogen-bond donors (Lipinski definition) is 1. The molecule has 0 saturated carbocycles. The van der Waals surface area contributed by atoms with Gasteiger partial charge in [0.15, 0.2) is 0 Å². The molecule has 0 aliphatic heterocycles. The molecule has 3 rings (SSSR count). The Morgan fingerprint density at radius 1 is 1.04 bits per heavy atom. The first-order valence-electron chi connectivity index (χ1n) is 8.19. The van der Waals surface area contributed by atoms with E-state index in [9.17, 15) is 8.42 Å². The molecule has 26 heavy (non-hydrogen) atoms. The molecule has 6 nitrogen and oxygen atoms in total. The highest BCUT2D eigenvalue weighted by Gasteiger charge is 2.13. The lowest BCUT2D eigenvalue weighted by molar-refractivity contribution is 0.204. The van der Waals surface area contributed by atoms with Crippen molar-refractivity contribution in [3.63, 3.8) is 0 Å². The van der Waals surface area contributed by atoms with E-state index < -0.39 is 10.0 Å². The minimum atomic E-state index is -3.52. The van der Waals surface area contributed by atoms with E-state index in [4.69, 9.17) is 4.74 Å². The van der Waals surface area contributed by atoms with Crippen molar-refractivity contribution in [3.05, 3.63) is 60.8 Å². The number of ether oxygens (including phenoxy) is 1. The van der Waals surface area contributed by atoms with Gasteiger partial charge < -0.3 is 4.74 Å². The average Bonchev–Trinajstić information content (AvgIpc) is 3.08. The SMILES string of the molecule is COCCNS(=O)(=O)c1ccc(-c2cccc(-c3ccnn3C)c2)cc1. The summed E-state index contributed by atoms with van der Waals surface area (Å²) in [5, 5.41) is 4.20. The number of methoxy groups -OCH3 is 1. The molecule has 136 valence electrons. The lowest BCUT2D eigenvalue weighted by Gasteiger charge is -2.09. The zero-order valence-corrected chi connectivity index (χ0v) is 15.5. The lowest BCUT2D eigenvalue weighted by Crippen LogP contribution is -2.27. The lowest BCUT2D eigenvalue weighted by atomic mass is 10.0. The molecule has 0 saturated heterocycles. The van der Waals surface area contributed by atoms with Gasteiger partial charge in [-0.05, 0) is 35.4 Å². The third-order valence-corrected chi connectivity index (χ3v) is 5.55. The van der Waals surface area contributed by atoms with Crippen molar-refractivity contribution in [2.24, 2.45) is 7.05 Å². The van der Waals surface area contributed by atoms with E-state index >= 15 is 0 Å². The molecule has 2 aromatic carbocycles. The Balaban J connectivity index is 1.84. The first-order valence-corrected chi connectivity index (χ1v) is 9.67. The number of benzene rings is 2. The summed E-state index contributed by atoms with van der Waals surface area (Å²) >= 11 is 0. The van der Waals surface area contributed by atoms with Crippen LogP contribution in [-0.4, -0.2) is 38.5 Å². The molecular weight excluding hydrogens is 350 g/mol. The molecule has 0 unspecified atom stereocenters. The Labute approximate surface area is 153 Å². The number of sulfonamides is 1. The summed E-state index contributed by atoms with van der Waals surface area (Å²) in [7, 11) is -0.0908. The summed E-state index contributed by atoms with van der Waals surface area (Å²) < 4.78 is 33.6. The summed E-state index contributed by atoms with van der Waals surface area (Å²) in [6.07, 6.45) is 1.76. The molecule has 0 aliphatic carbocycles. The normalized spacial score (nSPS) is 11.6. The Bertz CT molecular complexity index is 979. The van der Waals surface area contributed by atoms with Gasteiger partial charge in [-0.1, -0.05) is 30.3 Å². The van der Waals surface area contributed by atoms with Crippen LogP contribution in [0, 0.1) is 0 Å². The van der Waals surface area contributed by atoms with Gasteiger partial charge in [0.05, 0.1) is 17.2 Å². The van der Waals surface area contributed by atoms with Crippen molar-refractivity contribution in [3.8, 4) is 22.4 Å². The summed E-state index contributed by atoms with van der Waals surface area (Å²) in [6, 6.07) is 16.9. The largest absolute Gasteiger partial charge is 0.383 e. The van der Waals surface area contributed by atoms with Crippen LogP contribution in [0.25, 0.3) is 22.4 Å². The standard InChI is InChI=1S/C19H21N3O3S/c1-22-19(10-11-20-22)17-5-3-4-16(14-17)15-6-8-18(9-7-15)26(23,24)21-12-13-25-2/h3-11,14,21H,12-13H2,1-2H3. The number of aryl methyl sites for hydroxylation is 1. The van der Waals surface area contributed by atoms with E-state index in [1.54, 1.807) is 18.3 Å². The highest BCUT2D eigenvalue weighted by molar-refractivity contribution is 7.89. The van der Waals surface area contributed by atoms with Gasteiger partial charge in [-0.25, -0.2) is 13.1 Å². The maximum absolute atomic E-state index is 12.2. The van der Waals surface area contributed by atoms with E-state index in [1.807, 2.05) is 48.1 Å². The van der Waals surface area contributed by atoms with Crippen molar-refractivity contribution in [1.29, 1.82) is 0 Å². The molecule has 0 bridgehead atoms. The first-order chi connectivity index (χ1) is 12.5. The van der Waals surface area contributed by atoms with E-state index in [0.29, 0.717) is 6.61 Å². The van der Waals surface area contributed by atoms with Crippen molar-refractivity contribution >= 4 is 10.0 Å². The minimum absolute atomic E-state index is 0.236. The Morgan fingerprint density at radius 2 is 1.77 bits per heavy atom. The maximum atomic E-state index is 12.2. The predicted octanol–water partition coefficient (Wildman–Crippen LogP) is 2.68. The monoisotopic (exact) mass is 371 g/mol. The van der Waals surface area contributed by atoms with Crippen LogP contribution in [0.1, 0.15) is 0 Å². The van der Waals surface area contributed by atoms with Crippen molar-refractivity contribution in [2.45, 2.75) is 4.90 Å². The van der Waals surface area contributed by atoms with Gasteiger partial charge in [0.1, 0.15) is 0 Å². The van der Waals surface area contributed by atoms with E-state index in [1.165, 1.54) is 7.11 Å². The van der Waals surface area contributed by atoms with Crippen molar-refractivity contribution in [2.75, 3.05) is 20.3 Å². The van der Waals surface area contributed by atoms with Crippen LogP contribution in [0.2, 0.25) is 0 Å². The second-order valence-corrected chi connectivity index (χ2v) is 7.60. The predicted molar refractivity (Wildman–Crippen MR) is 101 cm³/mol. The third-order valence-electron chi connectivity index (χ3n) is 4.08. The van der Waals surface area contributed by atoms with Crippen LogP contribution in [0.4, 0.5) is 0 Å². The van der Waals surface area contributed by atoms with Gasteiger partial charge in [-0.2, -0.15) is 5.10 Å². The molecule has 0 aliphatic rings. The van der Waals surface area contributed by atoms with Crippen molar-refractivity contribution < 1.29 is 13.2 Å². The summed E-state index contributed by atoms with van der Waals surface area (Å²) in [5.41, 5.74) is 4.04. The number of aromatic nitrogens is 2. The molecule has 0 amide bonds. The molecular formula is C19H21N3O3S. The number of hydrogen-bond acceptors (Lipinski definition) is 4. The summed E-state index contributed by atoms with van der Waals surface area (Å²) in [4.78, 5) is 0.236. The number of nitrogens with one attached hydrogen (secondary N) is 1. The Kier molecular flexibility index (Phi) is 5.51. The second kappa shape index (κ2) is 7.82. The maximum Gasteiger partial charge on any atom is 0.240 e. The molecule has 1 aromatic heterocycles. The van der Waals surface area contributed by atoms with E-state index in [-0.39, 0.29) is 11.4 Å². The number of rotatable bonds is 7. The highest BCUT2D eigenvalue weighted by Crippen LogP contribution is 2.26. The summed E-state index contributed by atoms with van der Waals surface area (Å²) in [6.45, 7) is 0.575. The van der Waals surface area contributed by atoms with Crippen LogP contribution in [0.5, 0.6) is 0 Å². The van der Waals surface area contributed by atoms with Crippen LogP contribution >= 0.6 is 0 Å². The Hall–Kier alpha value is -2.48. The second-order valence-electron chi connectivity index (χ2n) is 5.84. The fourth-order valence-corrected chi connectivity index (χ4v) is 3.72. The van der Waals surface area contributed by atoms with Crippen LogP contribution in [0.15, 0.2) is 65.7 Å². The molecule has 7 heteroatoms. The van der Waals surface area contributed by atoms with Gasteiger partial charge in [0.25, 0.3) is 0 Å². The third kappa shape index (κ3) is 4.01. The zero-order chi connectivity index (χ0) is 18.6.